The molecule has 7 atom stereocenters. The SMILES string of the molecule is C[C@]12CC/C(=N\N=C(N)N)C[C@H]1CC[C@@H]1[C@@H]2CC[C@]2(C)[C@@H](c3ccoc3)CC[C@@H]12. The Morgan fingerprint density at radius 1 is 1.03 bits per heavy atom. The number of nitrogens with zero attached hydrogens (tertiary/aromatic N) is 2. The first-order valence-electron chi connectivity index (χ1n) is 11.6. The average Bonchev–Trinajstić information content (AvgIpc) is 3.33. The summed E-state index contributed by atoms with van der Waals surface area (Å²) in [5.41, 5.74) is 14.5. The van der Waals surface area contributed by atoms with E-state index in [0.717, 1.165) is 36.5 Å². The summed E-state index contributed by atoms with van der Waals surface area (Å²) in [7, 11) is 0. The summed E-state index contributed by atoms with van der Waals surface area (Å²) in [5, 5.41) is 8.29. The highest BCUT2D eigenvalue weighted by molar-refractivity contribution is 5.86. The summed E-state index contributed by atoms with van der Waals surface area (Å²) in [4.78, 5) is 0. The van der Waals surface area contributed by atoms with Crippen molar-refractivity contribution in [1.82, 2.24) is 0 Å². The van der Waals surface area contributed by atoms with E-state index in [4.69, 9.17) is 15.9 Å². The van der Waals surface area contributed by atoms with Gasteiger partial charge in [0, 0.05) is 5.71 Å². The number of guanidine groups is 1. The van der Waals surface area contributed by atoms with Crippen LogP contribution in [0, 0.1) is 34.5 Å². The zero-order chi connectivity index (χ0) is 20.2. The molecule has 0 radical (unpaired) electrons. The first-order chi connectivity index (χ1) is 13.9. The van der Waals surface area contributed by atoms with Crippen molar-refractivity contribution in [1.29, 1.82) is 0 Å². The maximum atomic E-state index is 5.48. The molecule has 5 rings (SSSR count). The lowest BCUT2D eigenvalue weighted by Crippen LogP contribution is -2.53. The average molecular weight is 397 g/mol. The van der Waals surface area contributed by atoms with Crippen LogP contribution >= 0.6 is 0 Å². The highest BCUT2D eigenvalue weighted by Crippen LogP contribution is 2.68. The van der Waals surface area contributed by atoms with Crippen LogP contribution in [-0.2, 0) is 0 Å². The van der Waals surface area contributed by atoms with Crippen LogP contribution in [0.15, 0.2) is 33.2 Å². The van der Waals surface area contributed by atoms with E-state index < -0.39 is 0 Å². The molecule has 0 bridgehead atoms. The standard InChI is InChI=1S/C24H36N4O/c1-23-10-7-17(27-28-22(25)26)13-16(23)3-4-18-20-6-5-19(15-9-12-29-14-15)24(20,2)11-8-21(18)23/h9,12,14,16,18-21H,3-8,10-11,13H2,1-2H3,(H4,25,26,28)/b27-17+/t16-,18+,19-,20+,21+,23+,24-/m1/s1. The van der Waals surface area contributed by atoms with E-state index in [1.54, 1.807) is 0 Å². The molecule has 1 aromatic rings. The Bertz CT molecular complexity index is 811. The van der Waals surface area contributed by atoms with Crippen molar-refractivity contribution >= 4 is 11.7 Å². The zero-order valence-electron chi connectivity index (χ0n) is 17.9. The maximum Gasteiger partial charge on any atom is 0.211 e. The summed E-state index contributed by atoms with van der Waals surface area (Å²) >= 11 is 0. The highest BCUT2D eigenvalue weighted by Gasteiger charge is 2.60. The van der Waals surface area contributed by atoms with Crippen LogP contribution in [0.4, 0.5) is 0 Å². The maximum absolute atomic E-state index is 5.48. The lowest BCUT2D eigenvalue weighted by molar-refractivity contribution is -0.0950. The van der Waals surface area contributed by atoms with Crippen LogP contribution in [0.5, 0.6) is 0 Å². The first kappa shape index (κ1) is 19.2. The van der Waals surface area contributed by atoms with Gasteiger partial charge in [0.2, 0.25) is 5.96 Å². The zero-order valence-corrected chi connectivity index (χ0v) is 17.9. The highest BCUT2D eigenvalue weighted by atomic mass is 16.3. The van der Waals surface area contributed by atoms with Crippen molar-refractivity contribution in [2.45, 2.75) is 77.6 Å². The fourth-order valence-electron chi connectivity index (χ4n) is 8.30. The monoisotopic (exact) mass is 396 g/mol. The van der Waals surface area contributed by atoms with E-state index in [1.165, 1.54) is 56.2 Å². The molecule has 0 saturated heterocycles. The van der Waals surface area contributed by atoms with Gasteiger partial charge in [-0.1, -0.05) is 13.8 Å². The number of nitrogens with two attached hydrogens (primary N) is 2. The van der Waals surface area contributed by atoms with Crippen LogP contribution < -0.4 is 11.5 Å². The molecule has 1 heterocycles. The molecule has 4 aliphatic carbocycles. The summed E-state index contributed by atoms with van der Waals surface area (Å²) in [5.74, 6) is 4.11. The van der Waals surface area contributed by atoms with Crippen LogP contribution in [0.2, 0.25) is 0 Å². The molecule has 0 amide bonds. The molecule has 0 aromatic carbocycles. The molecule has 0 aliphatic heterocycles. The van der Waals surface area contributed by atoms with Crippen molar-refractivity contribution < 1.29 is 4.42 Å². The van der Waals surface area contributed by atoms with Gasteiger partial charge < -0.3 is 15.9 Å². The fourth-order valence-corrected chi connectivity index (χ4v) is 8.30. The van der Waals surface area contributed by atoms with Crippen molar-refractivity contribution in [3.63, 3.8) is 0 Å². The van der Waals surface area contributed by atoms with Crippen LogP contribution in [0.1, 0.15) is 83.1 Å². The van der Waals surface area contributed by atoms with Crippen molar-refractivity contribution in [2.75, 3.05) is 0 Å². The van der Waals surface area contributed by atoms with Gasteiger partial charge in [0.05, 0.1) is 12.5 Å². The van der Waals surface area contributed by atoms with Crippen LogP contribution in [0.25, 0.3) is 0 Å². The van der Waals surface area contributed by atoms with Gasteiger partial charge >= 0.3 is 0 Å². The number of hydrogen-bond acceptors (Lipinski definition) is 3. The van der Waals surface area contributed by atoms with Crippen molar-refractivity contribution in [2.24, 2.45) is 56.2 Å². The molecule has 4 saturated carbocycles. The Hall–Kier alpha value is -1.78. The molecule has 29 heavy (non-hydrogen) atoms. The van der Waals surface area contributed by atoms with E-state index >= 15 is 0 Å². The van der Waals surface area contributed by atoms with Gasteiger partial charge in [-0.3, -0.25) is 0 Å². The number of rotatable bonds is 2. The largest absolute Gasteiger partial charge is 0.472 e. The molecule has 4 fully saturated rings. The Labute approximate surface area is 174 Å². The lowest BCUT2D eigenvalue weighted by Gasteiger charge is -2.60. The Kier molecular flexibility index (Phi) is 4.56. The number of fused-ring (bicyclic) bond motifs is 5. The van der Waals surface area contributed by atoms with Gasteiger partial charge in [0.15, 0.2) is 0 Å². The number of hydrogen-bond donors (Lipinski definition) is 2. The summed E-state index contributed by atoms with van der Waals surface area (Å²) in [6.45, 7) is 5.19. The molecule has 158 valence electrons. The van der Waals surface area contributed by atoms with E-state index in [1.807, 2.05) is 12.5 Å². The molecule has 0 unspecified atom stereocenters. The third kappa shape index (κ3) is 2.95. The second-order valence-corrected chi connectivity index (χ2v) is 10.8. The van der Waals surface area contributed by atoms with Gasteiger partial charge in [-0.05, 0) is 110 Å². The van der Waals surface area contributed by atoms with Crippen molar-refractivity contribution in [3.8, 4) is 0 Å². The number of furan rings is 1. The summed E-state index contributed by atoms with van der Waals surface area (Å²) < 4.78 is 5.45. The summed E-state index contributed by atoms with van der Waals surface area (Å²) in [6.07, 6.45) is 15.4. The van der Waals surface area contributed by atoms with Gasteiger partial charge in [-0.2, -0.15) is 5.10 Å². The smallest absolute Gasteiger partial charge is 0.211 e. The third-order valence-corrected chi connectivity index (χ3v) is 9.75. The van der Waals surface area contributed by atoms with Gasteiger partial charge in [0.25, 0.3) is 0 Å². The van der Waals surface area contributed by atoms with Gasteiger partial charge in [-0.15, -0.1) is 5.10 Å². The predicted octanol–water partition coefficient (Wildman–Crippen LogP) is 5.04. The predicted molar refractivity (Wildman–Crippen MR) is 116 cm³/mol. The Balaban J connectivity index is 1.37. The molecule has 5 heteroatoms. The fraction of sp³-hybridized carbons (Fsp3) is 0.750. The van der Waals surface area contributed by atoms with Gasteiger partial charge in [-0.25, -0.2) is 0 Å². The molecule has 4 aliphatic rings. The third-order valence-electron chi connectivity index (χ3n) is 9.75. The molecule has 5 nitrogen and oxygen atoms in total. The molecule has 4 N–H and O–H groups in total. The molecule has 1 aromatic heterocycles. The first-order valence-corrected chi connectivity index (χ1v) is 11.6. The second kappa shape index (κ2) is 6.88. The Morgan fingerprint density at radius 3 is 2.62 bits per heavy atom. The Morgan fingerprint density at radius 2 is 1.86 bits per heavy atom. The van der Waals surface area contributed by atoms with E-state index in [-0.39, 0.29) is 5.96 Å². The normalized spacial score (nSPS) is 45.3. The quantitative estimate of drug-likeness (QED) is 0.417. The second-order valence-electron chi connectivity index (χ2n) is 10.8. The molecular weight excluding hydrogens is 360 g/mol. The lowest BCUT2D eigenvalue weighted by atomic mass is 9.44. The van der Waals surface area contributed by atoms with E-state index in [0.29, 0.717) is 16.7 Å². The minimum atomic E-state index is 0.0644. The van der Waals surface area contributed by atoms with E-state index in [9.17, 15) is 0 Å². The van der Waals surface area contributed by atoms with Gasteiger partial charge in [0.1, 0.15) is 0 Å². The van der Waals surface area contributed by atoms with Crippen LogP contribution in [-0.4, -0.2) is 11.7 Å². The minimum Gasteiger partial charge on any atom is -0.472 e. The molecular formula is C24H36N4O. The minimum absolute atomic E-state index is 0.0644. The topological polar surface area (TPSA) is 89.9 Å². The van der Waals surface area contributed by atoms with E-state index in [2.05, 4.69) is 30.1 Å². The van der Waals surface area contributed by atoms with Crippen LogP contribution in [0.3, 0.4) is 0 Å². The van der Waals surface area contributed by atoms with Crippen molar-refractivity contribution in [3.05, 3.63) is 24.2 Å². The summed E-state index contributed by atoms with van der Waals surface area (Å²) in [6, 6.07) is 2.21. The molecule has 0 spiro atoms.